The van der Waals surface area contributed by atoms with Gasteiger partial charge < -0.3 is 10.1 Å². The van der Waals surface area contributed by atoms with Gasteiger partial charge in [-0.1, -0.05) is 48.0 Å². The lowest BCUT2D eigenvalue weighted by Gasteiger charge is -2.08. The first kappa shape index (κ1) is 16.9. The van der Waals surface area contributed by atoms with E-state index in [2.05, 4.69) is 15.3 Å². The highest BCUT2D eigenvalue weighted by atomic mass is 35.5. The SMILES string of the molecule is O=C(NCCOc1cccc(Cl)c1)c1cnc(-c2ccccc2)nc1. The van der Waals surface area contributed by atoms with Gasteiger partial charge in [0.25, 0.3) is 5.91 Å². The summed E-state index contributed by atoms with van der Waals surface area (Å²) < 4.78 is 5.52. The molecule has 0 saturated carbocycles. The van der Waals surface area contributed by atoms with E-state index in [1.807, 2.05) is 42.5 Å². The summed E-state index contributed by atoms with van der Waals surface area (Å²) in [7, 11) is 0. The molecule has 1 N–H and O–H groups in total. The van der Waals surface area contributed by atoms with Gasteiger partial charge in [-0.05, 0) is 18.2 Å². The predicted molar refractivity (Wildman–Crippen MR) is 96.7 cm³/mol. The molecular weight excluding hydrogens is 338 g/mol. The van der Waals surface area contributed by atoms with Gasteiger partial charge in [-0.25, -0.2) is 9.97 Å². The summed E-state index contributed by atoms with van der Waals surface area (Å²) in [4.78, 5) is 20.6. The van der Waals surface area contributed by atoms with Gasteiger partial charge in [0, 0.05) is 23.0 Å². The van der Waals surface area contributed by atoms with Crippen LogP contribution < -0.4 is 10.1 Å². The van der Waals surface area contributed by atoms with Crippen LogP contribution in [0.5, 0.6) is 5.75 Å². The van der Waals surface area contributed by atoms with Crippen molar-refractivity contribution in [2.24, 2.45) is 0 Å². The summed E-state index contributed by atoms with van der Waals surface area (Å²) >= 11 is 5.88. The molecule has 0 spiro atoms. The summed E-state index contributed by atoms with van der Waals surface area (Å²) in [5.74, 6) is 1.01. The molecular formula is C19H16ClN3O2. The van der Waals surface area contributed by atoms with E-state index in [4.69, 9.17) is 16.3 Å². The lowest BCUT2D eigenvalue weighted by Crippen LogP contribution is -2.28. The number of aromatic nitrogens is 2. The number of benzene rings is 2. The molecule has 0 atom stereocenters. The molecule has 1 aromatic heterocycles. The quantitative estimate of drug-likeness (QED) is 0.688. The van der Waals surface area contributed by atoms with Crippen molar-refractivity contribution in [2.45, 2.75) is 0 Å². The normalized spacial score (nSPS) is 10.3. The zero-order chi connectivity index (χ0) is 17.5. The van der Waals surface area contributed by atoms with E-state index in [1.54, 1.807) is 12.1 Å². The molecule has 0 bridgehead atoms. The molecule has 1 amide bonds. The number of rotatable bonds is 6. The van der Waals surface area contributed by atoms with E-state index in [0.717, 1.165) is 5.56 Å². The Morgan fingerprint density at radius 3 is 2.52 bits per heavy atom. The highest BCUT2D eigenvalue weighted by Crippen LogP contribution is 2.16. The molecule has 0 aliphatic heterocycles. The Labute approximate surface area is 150 Å². The van der Waals surface area contributed by atoms with E-state index in [0.29, 0.717) is 35.3 Å². The minimum absolute atomic E-state index is 0.241. The van der Waals surface area contributed by atoms with Crippen LogP contribution in [0.4, 0.5) is 0 Å². The van der Waals surface area contributed by atoms with Crippen LogP contribution in [-0.2, 0) is 0 Å². The maximum absolute atomic E-state index is 12.1. The van der Waals surface area contributed by atoms with E-state index in [-0.39, 0.29) is 5.91 Å². The average molecular weight is 354 g/mol. The molecule has 0 unspecified atom stereocenters. The number of carbonyl (C=O) groups excluding carboxylic acids is 1. The topological polar surface area (TPSA) is 64.1 Å². The van der Waals surface area contributed by atoms with Crippen molar-refractivity contribution < 1.29 is 9.53 Å². The third kappa shape index (κ3) is 4.78. The molecule has 0 aliphatic carbocycles. The van der Waals surface area contributed by atoms with E-state index >= 15 is 0 Å². The Bertz CT molecular complexity index is 839. The number of nitrogens with one attached hydrogen (secondary N) is 1. The van der Waals surface area contributed by atoms with Crippen molar-refractivity contribution >= 4 is 17.5 Å². The second-order valence-corrected chi connectivity index (χ2v) is 5.66. The highest BCUT2D eigenvalue weighted by Gasteiger charge is 2.07. The number of hydrogen-bond donors (Lipinski definition) is 1. The Morgan fingerprint density at radius 2 is 1.80 bits per heavy atom. The van der Waals surface area contributed by atoms with Crippen LogP contribution >= 0.6 is 11.6 Å². The fraction of sp³-hybridized carbons (Fsp3) is 0.105. The molecule has 0 saturated heterocycles. The zero-order valence-corrected chi connectivity index (χ0v) is 14.1. The van der Waals surface area contributed by atoms with Crippen LogP contribution in [0.25, 0.3) is 11.4 Å². The van der Waals surface area contributed by atoms with Gasteiger partial charge >= 0.3 is 0 Å². The molecule has 1 heterocycles. The second-order valence-electron chi connectivity index (χ2n) is 5.22. The van der Waals surface area contributed by atoms with Gasteiger partial charge in [0.2, 0.25) is 0 Å². The van der Waals surface area contributed by atoms with Crippen LogP contribution in [0.1, 0.15) is 10.4 Å². The third-order valence-electron chi connectivity index (χ3n) is 3.40. The predicted octanol–water partition coefficient (Wildman–Crippen LogP) is 3.61. The van der Waals surface area contributed by atoms with Crippen molar-refractivity contribution in [3.05, 3.63) is 77.6 Å². The largest absolute Gasteiger partial charge is 0.492 e. The zero-order valence-electron chi connectivity index (χ0n) is 13.4. The van der Waals surface area contributed by atoms with E-state index in [1.165, 1.54) is 12.4 Å². The van der Waals surface area contributed by atoms with Crippen molar-refractivity contribution in [3.8, 4) is 17.1 Å². The fourth-order valence-electron chi connectivity index (χ4n) is 2.17. The smallest absolute Gasteiger partial charge is 0.254 e. The maximum atomic E-state index is 12.1. The second kappa shape index (κ2) is 8.26. The molecule has 2 aromatic carbocycles. The lowest BCUT2D eigenvalue weighted by atomic mass is 10.2. The van der Waals surface area contributed by atoms with Crippen molar-refractivity contribution in [1.29, 1.82) is 0 Å². The van der Waals surface area contributed by atoms with Crippen LogP contribution in [-0.4, -0.2) is 29.0 Å². The molecule has 126 valence electrons. The van der Waals surface area contributed by atoms with Gasteiger partial charge in [0.15, 0.2) is 5.82 Å². The van der Waals surface area contributed by atoms with Gasteiger partial charge in [-0.3, -0.25) is 4.79 Å². The average Bonchev–Trinajstić information content (AvgIpc) is 2.66. The maximum Gasteiger partial charge on any atom is 0.254 e. The molecule has 0 aliphatic rings. The summed E-state index contributed by atoms with van der Waals surface area (Å²) in [5, 5.41) is 3.37. The molecule has 3 rings (SSSR count). The summed E-state index contributed by atoms with van der Waals surface area (Å²) in [6.45, 7) is 0.709. The molecule has 6 heteroatoms. The summed E-state index contributed by atoms with van der Waals surface area (Å²) in [5.41, 5.74) is 1.31. The van der Waals surface area contributed by atoms with E-state index in [9.17, 15) is 4.79 Å². The van der Waals surface area contributed by atoms with Gasteiger partial charge in [0.1, 0.15) is 12.4 Å². The molecule has 0 fully saturated rings. The number of nitrogens with zero attached hydrogens (tertiary/aromatic N) is 2. The number of amides is 1. The third-order valence-corrected chi connectivity index (χ3v) is 3.63. The van der Waals surface area contributed by atoms with Gasteiger partial charge in [-0.15, -0.1) is 0 Å². The van der Waals surface area contributed by atoms with Crippen LogP contribution in [0.2, 0.25) is 5.02 Å². The Hall–Kier alpha value is -2.92. The molecule has 0 radical (unpaired) electrons. The number of ether oxygens (including phenoxy) is 1. The first-order chi connectivity index (χ1) is 12.2. The Kier molecular flexibility index (Phi) is 5.59. The monoisotopic (exact) mass is 353 g/mol. The standard InChI is InChI=1S/C19H16ClN3O2/c20-16-7-4-8-17(11-16)25-10-9-21-19(24)15-12-22-18(23-13-15)14-5-2-1-3-6-14/h1-8,11-13H,9-10H2,(H,21,24). The summed E-state index contributed by atoms with van der Waals surface area (Å²) in [6, 6.07) is 16.7. The minimum Gasteiger partial charge on any atom is -0.492 e. The van der Waals surface area contributed by atoms with E-state index < -0.39 is 0 Å². The first-order valence-electron chi connectivity index (χ1n) is 7.76. The molecule has 25 heavy (non-hydrogen) atoms. The van der Waals surface area contributed by atoms with Crippen LogP contribution in [0.15, 0.2) is 67.0 Å². The van der Waals surface area contributed by atoms with Crippen molar-refractivity contribution in [1.82, 2.24) is 15.3 Å². The van der Waals surface area contributed by atoms with Gasteiger partial charge in [0.05, 0.1) is 12.1 Å². The number of hydrogen-bond acceptors (Lipinski definition) is 4. The fourth-order valence-corrected chi connectivity index (χ4v) is 2.35. The van der Waals surface area contributed by atoms with Crippen LogP contribution in [0, 0.1) is 0 Å². The van der Waals surface area contributed by atoms with Crippen LogP contribution in [0.3, 0.4) is 0 Å². The number of carbonyl (C=O) groups is 1. The van der Waals surface area contributed by atoms with Crippen molar-refractivity contribution in [3.63, 3.8) is 0 Å². The van der Waals surface area contributed by atoms with Crippen molar-refractivity contribution in [2.75, 3.05) is 13.2 Å². The minimum atomic E-state index is -0.241. The molecule has 3 aromatic rings. The van der Waals surface area contributed by atoms with Gasteiger partial charge in [-0.2, -0.15) is 0 Å². The highest BCUT2D eigenvalue weighted by molar-refractivity contribution is 6.30. The lowest BCUT2D eigenvalue weighted by molar-refractivity contribution is 0.0946. The summed E-state index contributed by atoms with van der Waals surface area (Å²) in [6.07, 6.45) is 3.03. The number of halogens is 1. The molecule has 5 nitrogen and oxygen atoms in total. The Balaban J connectivity index is 1.50. The Morgan fingerprint density at radius 1 is 1.04 bits per heavy atom. The first-order valence-corrected chi connectivity index (χ1v) is 8.14.